The average Bonchev–Trinajstić information content (AvgIpc) is 2.87. The predicted molar refractivity (Wildman–Crippen MR) is 131 cm³/mol. The first-order valence-electron chi connectivity index (χ1n) is 12.7. The predicted octanol–water partition coefficient (Wildman–Crippen LogP) is 5.36. The SMILES string of the molecule is Cc1cc(F)ccc1C1CC(N2CCNCC2=O)CCN1C(=O)N(C)Cc1cc(C(F)(F)F)cc(C(F)(F)F)c1. The molecule has 2 aromatic carbocycles. The van der Waals surface area contributed by atoms with E-state index in [0.29, 0.717) is 49.2 Å². The van der Waals surface area contributed by atoms with Gasteiger partial charge in [0.05, 0.1) is 23.7 Å². The van der Waals surface area contributed by atoms with Gasteiger partial charge >= 0.3 is 18.4 Å². The fourth-order valence-corrected chi connectivity index (χ4v) is 5.45. The van der Waals surface area contributed by atoms with E-state index < -0.39 is 47.9 Å². The van der Waals surface area contributed by atoms with Gasteiger partial charge in [0.2, 0.25) is 5.91 Å². The molecule has 4 rings (SSSR count). The Morgan fingerprint density at radius 2 is 1.68 bits per heavy atom. The summed E-state index contributed by atoms with van der Waals surface area (Å²) in [6.07, 6.45) is -9.23. The van der Waals surface area contributed by atoms with Crippen LogP contribution in [0.5, 0.6) is 0 Å². The van der Waals surface area contributed by atoms with E-state index in [9.17, 15) is 40.3 Å². The van der Waals surface area contributed by atoms with Crippen LogP contribution in [0.4, 0.5) is 35.5 Å². The topological polar surface area (TPSA) is 55.9 Å². The number of carbonyl (C=O) groups is 2. The van der Waals surface area contributed by atoms with Gasteiger partial charge in [-0.05, 0) is 66.8 Å². The van der Waals surface area contributed by atoms with Gasteiger partial charge in [-0.15, -0.1) is 0 Å². The lowest BCUT2D eigenvalue weighted by Gasteiger charge is -2.46. The molecular weight excluding hydrogens is 545 g/mol. The molecular formula is C27H29F7N4O2. The van der Waals surface area contributed by atoms with Gasteiger partial charge in [0.15, 0.2) is 0 Å². The van der Waals surface area contributed by atoms with Gasteiger partial charge in [-0.3, -0.25) is 4.79 Å². The maximum absolute atomic E-state index is 13.9. The molecule has 218 valence electrons. The van der Waals surface area contributed by atoms with E-state index in [4.69, 9.17) is 0 Å². The maximum Gasteiger partial charge on any atom is 0.416 e. The molecule has 2 aromatic rings. The fraction of sp³-hybridized carbons (Fsp3) is 0.481. The van der Waals surface area contributed by atoms with Crippen LogP contribution in [0.3, 0.4) is 0 Å². The Balaban J connectivity index is 1.62. The van der Waals surface area contributed by atoms with Crippen molar-refractivity contribution in [2.24, 2.45) is 0 Å². The first kappa shape index (κ1) is 29.6. The number of urea groups is 1. The van der Waals surface area contributed by atoms with Crippen molar-refractivity contribution < 1.29 is 40.3 Å². The van der Waals surface area contributed by atoms with Crippen molar-refractivity contribution in [1.29, 1.82) is 0 Å². The van der Waals surface area contributed by atoms with Gasteiger partial charge in [0.1, 0.15) is 5.82 Å². The number of benzene rings is 2. The molecule has 2 heterocycles. The Bertz CT molecular complexity index is 1230. The highest BCUT2D eigenvalue weighted by molar-refractivity contribution is 5.79. The largest absolute Gasteiger partial charge is 0.416 e. The summed E-state index contributed by atoms with van der Waals surface area (Å²) >= 11 is 0. The lowest BCUT2D eigenvalue weighted by Crippen LogP contribution is -2.57. The summed E-state index contributed by atoms with van der Waals surface area (Å²) in [5.41, 5.74) is -2.02. The Morgan fingerprint density at radius 1 is 1.02 bits per heavy atom. The van der Waals surface area contributed by atoms with Crippen LogP contribution < -0.4 is 5.32 Å². The van der Waals surface area contributed by atoms with Gasteiger partial charge in [-0.1, -0.05) is 6.07 Å². The van der Waals surface area contributed by atoms with Crippen LogP contribution in [0, 0.1) is 12.7 Å². The van der Waals surface area contributed by atoms with E-state index in [1.807, 2.05) is 0 Å². The Morgan fingerprint density at radius 3 is 2.25 bits per heavy atom. The summed E-state index contributed by atoms with van der Waals surface area (Å²) in [7, 11) is 1.30. The molecule has 0 saturated carbocycles. The van der Waals surface area contributed by atoms with Crippen molar-refractivity contribution in [2.45, 2.75) is 50.7 Å². The highest BCUT2D eigenvalue weighted by Gasteiger charge is 2.40. The minimum absolute atomic E-state index is 0.0425. The van der Waals surface area contributed by atoms with Gasteiger partial charge in [0.25, 0.3) is 0 Å². The molecule has 2 saturated heterocycles. The quantitative estimate of drug-likeness (QED) is 0.501. The Hall–Kier alpha value is -3.35. The number of piperazine rings is 1. The standard InChI is InChI=1S/C27H29F7N4O2/c1-16-9-20(28)3-4-22(16)23-13-21(37-8-6-35-14-24(37)39)5-7-38(23)25(40)36(2)15-17-10-18(26(29,30)31)12-19(11-17)27(32,33)34/h3-4,9-12,21,23,35H,5-8,13-15H2,1-2H3. The maximum atomic E-state index is 13.9. The van der Waals surface area contributed by atoms with Crippen molar-refractivity contribution in [3.05, 3.63) is 70.0 Å². The zero-order chi connectivity index (χ0) is 29.4. The molecule has 6 nitrogen and oxygen atoms in total. The average molecular weight is 575 g/mol. The van der Waals surface area contributed by atoms with Crippen LogP contribution in [0.25, 0.3) is 0 Å². The van der Waals surface area contributed by atoms with Crippen molar-refractivity contribution in [2.75, 3.05) is 33.2 Å². The molecule has 2 aliphatic heterocycles. The summed E-state index contributed by atoms with van der Waals surface area (Å²) in [5, 5.41) is 3.01. The number of rotatable bonds is 4. The molecule has 0 spiro atoms. The third-order valence-electron chi connectivity index (χ3n) is 7.37. The van der Waals surface area contributed by atoms with Gasteiger partial charge < -0.3 is 20.0 Å². The first-order chi connectivity index (χ1) is 18.6. The zero-order valence-electron chi connectivity index (χ0n) is 21.9. The highest BCUT2D eigenvalue weighted by atomic mass is 19.4. The van der Waals surface area contributed by atoms with Crippen LogP contribution in [-0.2, 0) is 23.7 Å². The molecule has 3 amide bonds. The summed E-state index contributed by atoms with van der Waals surface area (Å²) in [6, 6.07) is 3.98. The molecule has 2 atom stereocenters. The van der Waals surface area contributed by atoms with E-state index >= 15 is 0 Å². The van der Waals surface area contributed by atoms with Crippen LogP contribution in [0.2, 0.25) is 0 Å². The minimum Gasteiger partial charge on any atom is -0.337 e. The minimum atomic E-state index is -5.01. The Kier molecular flexibility index (Phi) is 8.34. The summed E-state index contributed by atoms with van der Waals surface area (Å²) in [6.45, 7) is 2.67. The van der Waals surface area contributed by atoms with E-state index in [1.165, 1.54) is 24.1 Å². The van der Waals surface area contributed by atoms with Crippen LogP contribution in [0.15, 0.2) is 36.4 Å². The normalized spacial score (nSPS) is 20.6. The molecule has 2 fully saturated rings. The number of hydrogen-bond acceptors (Lipinski definition) is 3. The number of hydrogen-bond donors (Lipinski definition) is 1. The molecule has 13 heteroatoms. The van der Waals surface area contributed by atoms with Gasteiger partial charge in [-0.25, -0.2) is 9.18 Å². The molecule has 0 aromatic heterocycles. The van der Waals surface area contributed by atoms with E-state index in [0.717, 1.165) is 4.90 Å². The number of amides is 3. The zero-order valence-corrected chi connectivity index (χ0v) is 21.9. The van der Waals surface area contributed by atoms with Crippen LogP contribution >= 0.6 is 0 Å². The van der Waals surface area contributed by atoms with Gasteiger partial charge in [0, 0.05) is 39.3 Å². The van der Waals surface area contributed by atoms with Crippen molar-refractivity contribution in [3.63, 3.8) is 0 Å². The molecule has 40 heavy (non-hydrogen) atoms. The second-order valence-electron chi connectivity index (χ2n) is 10.2. The fourth-order valence-electron chi connectivity index (χ4n) is 5.45. The molecule has 2 aliphatic rings. The van der Waals surface area contributed by atoms with Crippen molar-refractivity contribution in [3.8, 4) is 0 Å². The second kappa shape index (κ2) is 11.3. The number of piperidine rings is 1. The summed E-state index contributed by atoms with van der Waals surface area (Å²) in [5.74, 6) is -0.543. The van der Waals surface area contributed by atoms with Crippen LogP contribution in [-0.4, -0.2) is 65.9 Å². The third-order valence-corrected chi connectivity index (χ3v) is 7.37. The third kappa shape index (κ3) is 6.51. The van der Waals surface area contributed by atoms with Crippen molar-refractivity contribution in [1.82, 2.24) is 20.0 Å². The molecule has 0 radical (unpaired) electrons. The van der Waals surface area contributed by atoms with Crippen molar-refractivity contribution >= 4 is 11.9 Å². The summed E-state index contributed by atoms with van der Waals surface area (Å²) in [4.78, 5) is 30.5. The number of nitrogens with one attached hydrogen (secondary N) is 1. The van der Waals surface area contributed by atoms with E-state index in [1.54, 1.807) is 17.9 Å². The number of likely N-dealkylation sites (tertiary alicyclic amines) is 1. The number of nitrogens with zero attached hydrogens (tertiary/aromatic N) is 3. The number of carbonyl (C=O) groups excluding carboxylic acids is 2. The molecule has 0 aliphatic carbocycles. The number of alkyl halides is 6. The lowest BCUT2D eigenvalue weighted by atomic mass is 9.88. The summed E-state index contributed by atoms with van der Waals surface area (Å²) < 4.78 is 93.9. The number of halogens is 7. The second-order valence-corrected chi connectivity index (χ2v) is 10.2. The molecule has 0 bridgehead atoms. The van der Waals surface area contributed by atoms with Gasteiger partial charge in [-0.2, -0.15) is 26.3 Å². The smallest absolute Gasteiger partial charge is 0.337 e. The lowest BCUT2D eigenvalue weighted by molar-refractivity contribution is -0.143. The highest BCUT2D eigenvalue weighted by Crippen LogP contribution is 2.38. The van der Waals surface area contributed by atoms with E-state index in [2.05, 4.69) is 5.32 Å². The number of aryl methyl sites for hydroxylation is 1. The molecule has 2 unspecified atom stereocenters. The molecule has 1 N–H and O–H groups in total. The van der Waals surface area contributed by atoms with E-state index in [-0.39, 0.29) is 36.7 Å². The Labute approximate surface area is 226 Å². The monoisotopic (exact) mass is 574 g/mol. The van der Waals surface area contributed by atoms with Crippen LogP contribution in [0.1, 0.15) is 46.7 Å². The first-order valence-corrected chi connectivity index (χ1v) is 12.7.